The Labute approximate surface area is 104 Å². The van der Waals surface area contributed by atoms with E-state index in [-0.39, 0.29) is 5.41 Å². The van der Waals surface area contributed by atoms with E-state index in [1.807, 2.05) is 12.1 Å². The van der Waals surface area contributed by atoms with E-state index in [1.54, 1.807) is 7.11 Å². The Morgan fingerprint density at radius 3 is 2.76 bits per heavy atom. The molecule has 0 aliphatic carbocycles. The highest BCUT2D eigenvalue weighted by atomic mass is 16.5. The quantitative estimate of drug-likeness (QED) is 0.762. The summed E-state index contributed by atoms with van der Waals surface area (Å²) in [4.78, 5) is 0. The summed E-state index contributed by atoms with van der Waals surface area (Å²) in [6, 6.07) is 8.14. The molecule has 0 heterocycles. The Hall–Kier alpha value is -1.06. The zero-order chi connectivity index (χ0) is 12.7. The fourth-order valence-electron chi connectivity index (χ4n) is 1.81. The summed E-state index contributed by atoms with van der Waals surface area (Å²) in [5.74, 6) is 0.908. The van der Waals surface area contributed by atoms with Gasteiger partial charge in [-0.2, -0.15) is 0 Å². The van der Waals surface area contributed by atoms with Crippen LogP contribution in [0.15, 0.2) is 24.3 Å². The fraction of sp³-hybridized carbons (Fsp3) is 0.571. The van der Waals surface area contributed by atoms with Gasteiger partial charge in [0, 0.05) is 13.1 Å². The van der Waals surface area contributed by atoms with Crippen LogP contribution in [0.5, 0.6) is 5.75 Å². The minimum atomic E-state index is 0.258. The maximum absolute atomic E-state index is 5.59. The molecular formula is C14H24N2O. The molecule has 0 unspecified atom stereocenters. The summed E-state index contributed by atoms with van der Waals surface area (Å²) >= 11 is 0. The Morgan fingerprint density at radius 1 is 1.35 bits per heavy atom. The molecule has 3 nitrogen and oxygen atoms in total. The highest BCUT2D eigenvalue weighted by Gasteiger charge is 2.15. The van der Waals surface area contributed by atoms with E-state index >= 15 is 0 Å². The van der Waals surface area contributed by atoms with Gasteiger partial charge in [0.1, 0.15) is 5.75 Å². The van der Waals surface area contributed by atoms with Crippen molar-refractivity contribution in [3.05, 3.63) is 29.8 Å². The molecular weight excluding hydrogens is 212 g/mol. The summed E-state index contributed by atoms with van der Waals surface area (Å²) in [7, 11) is 1.69. The highest BCUT2D eigenvalue weighted by Crippen LogP contribution is 2.18. The van der Waals surface area contributed by atoms with Crippen LogP contribution in [-0.2, 0) is 6.54 Å². The zero-order valence-electron chi connectivity index (χ0n) is 11.1. The standard InChI is InChI=1S/C14H24N2O/c1-14(2,7-8-15)11-16-10-12-5-4-6-13(9-12)17-3/h4-6,9,16H,7-8,10-11,15H2,1-3H3. The molecule has 0 saturated heterocycles. The third kappa shape index (κ3) is 5.20. The molecule has 0 aromatic heterocycles. The van der Waals surface area contributed by atoms with Crippen LogP contribution >= 0.6 is 0 Å². The van der Waals surface area contributed by atoms with Crippen molar-refractivity contribution < 1.29 is 4.74 Å². The van der Waals surface area contributed by atoms with Gasteiger partial charge >= 0.3 is 0 Å². The third-order valence-corrected chi connectivity index (χ3v) is 2.89. The lowest BCUT2D eigenvalue weighted by atomic mass is 9.89. The van der Waals surface area contributed by atoms with Gasteiger partial charge < -0.3 is 15.8 Å². The second-order valence-electron chi connectivity index (χ2n) is 5.16. The summed E-state index contributed by atoms with van der Waals surface area (Å²) in [6.07, 6.45) is 1.04. The molecule has 96 valence electrons. The first-order valence-electron chi connectivity index (χ1n) is 6.11. The van der Waals surface area contributed by atoms with E-state index in [1.165, 1.54) is 5.56 Å². The molecule has 17 heavy (non-hydrogen) atoms. The fourth-order valence-corrected chi connectivity index (χ4v) is 1.81. The first kappa shape index (κ1) is 14.0. The molecule has 3 N–H and O–H groups in total. The van der Waals surface area contributed by atoms with Crippen molar-refractivity contribution >= 4 is 0 Å². The summed E-state index contributed by atoms with van der Waals surface area (Å²) in [5.41, 5.74) is 7.09. The van der Waals surface area contributed by atoms with Gasteiger partial charge in [0.15, 0.2) is 0 Å². The van der Waals surface area contributed by atoms with Gasteiger partial charge in [-0.3, -0.25) is 0 Å². The minimum Gasteiger partial charge on any atom is -0.497 e. The minimum absolute atomic E-state index is 0.258. The molecule has 0 saturated carbocycles. The number of ether oxygens (including phenoxy) is 1. The predicted octanol–water partition coefficient (Wildman–Crippen LogP) is 2.16. The third-order valence-electron chi connectivity index (χ3n) is 2.89. The maximum Gasteiger partial charge on any atom is 0.119 e. The van der Waals surface area contributed by atoms with E-state index < -0.39 is 0 Å². The molecule has 0 aliphatic rings. The lowest BCUT2D eigenvalue weighted by Crippen LogP contribution is -2.30. The zero-order valence-corrected chi connectivity index (χ0v) is 11.1. The normalized spacial score (nSPS) is 11.5. The van der Waals surface area contributed by atoms with Crippen LogP contribution in [-0.4, -0.2) is 20.2 Å². The lowest BCUT2D eigenvalue weighted by molar-refractivity contribution is 0.319. The van der Waals surface area contributed by atoms with Crippen LogP contribution in [0.25, 0.3) is 0 Å². The van der Waals surface area contributed by atoms with Crippen molar-refractivity contribution in [1.82, 2.24) is 5.32 Å². The van der Waals surface area contributed by atoms with E-state index in [0.29, 0.717) is 0 Å². The maximum atomic E-state index is 5.59. The Kier molecular flexibility index (Phi) is 5.45. The van der Waals surface area contributed by atoms with E-state index in [9.17, 15) is 0 Å². The average molecular weight is 236 g/mol. The predicted molar refractivity (Wildman–Crippen MR) is 72.2 cm³/mol. The molecule has 0 spiro atoms. The molecule has 1 aromatic carbocycles. The molecule has 0 atom stereocenters. The molecule has 0 fully saturated rings. The van der Waals surface area contributed by atoms with Crippen LogP contribution in [0.1, 0.15) is 25.8 Å². The summed E-state index contributed by atoms with van der Waals surface area (Å²) < 4.78 is 5.20. The van der Waals surface area contributed by atoms with Crippen LogP contribution < -0.4 is 15.8 Å². The number of methoxy groups -OCH3 is 1. The summed E-state index contributed by atoms with van der Waals surface area (Å²) in [6.45, 7) is 7.05. The van der Waals surface area contributed by atoms with Gasteiger partial charge in [-0.15, -0.1) is 0 Å². The largest absolute Gasteiger partial charge is 0.497 e. The Balaban J connectivity index is 2.40. The van der Waals surface area contributed by atoms with Crippen molar-refractivity contribution in [1.29, 1.82) is 0 Å². The topological polar surface area (TPSA) is 47.3 Å². The number of nitrogens with two attached hydrogens (primary N) is 1. The lowest BCUT2D eigenvalue weighted by Gasteiger charge is -2.24. The van der Waals surface area contributed by atoms with Crippen molar-refractivity contribution in [3.8, 4) is 5.75 Å². The molecule has 0 bridgehead atoms. The number of hydrogen-bond acceptors (Lipinski definition) is 3. The van der Waals surface area contributed by atoms with Crippen LogP contribution in [0.4, 0.5) is 0 Å². The number of benzene rings is 1. The second-order valence-corrected chi connectivity index (χ2v) is 5.16. The van der Waals surface area contributed by atoms with E-state index in [0.717, 1.165) is 31.8 Å². The summed E-state index contributed by atoms with van der Waals surface area (Å²) in [5, 5.41) is 3.47. The Morgan fingerprint density at radius 2 is 2.12 bits per heavy atom. The molecule has 1 rings (SSSR count). The van der Waals surface area contributed by atoms with Gasteiger partial charge in [0.2, 0.25) is 0 Å². The van der Waals surface area contributed by atoms with Crippen molar-refractivity contribution in [2.24, 2.45) is 11.1 Å². The Bertz CT molecular complexity index is 337. The van der Waals surface area contributed by atoms with E-state index in [2.05, 4.69) is 31.3 Å². The monoisotopic (exact) mass is 236 g/mol. The molecule has 0 amide bonds. The average Bonchev–Trinajstić information content (AvgIpc) is 2.29. The highest BCUT2D eigenvalue weighted by molar-refractivity contribution is 5.28. The van der Waals surface area contributed by atoms with Gasteiger partial charge in [-0.25, -0.2) is 0 Å². The first-order chi connectivity index (χ1) is 8.07. The van der Waals surface area contributed by atoms with Crippen molar-refractivity contribution in [3.63, 3.8) is 0 Å². The van der Waals surface area contributed by atoms with Crippen LogP contribution in [0.2, 0.25) is 0 Å². The number of nitrogens with one attached hydrogen (secondary N) is 1. The van der Waals surface area contributed by atoms with Gasteiger partial charge in [-0.05, 0) is 36.1 Å². The number of hydrogen-bond donors (Lipinski definition) is 2. The smallest absolute Gasteiger partial charge is 0.119 e. The number of rotatable bonds is 7. The van der Waals surface area contributed by atoms with Gasteiger partial charge in [-0.1, -0.05) is 26.0 Å². The first-order valence-corrected chi connectivity index (χ1v) is 6.11. The van der Waals surface area contributed by atoms with Crippen molar-refractivity contribution in [2.45, 2.75) is 26.8 Å². The molecule has 0 aliphatic heterocycles. The molecule has 1 aromatic rings. The van der Waals surface area contributed by atoms with Crippen LogP contribution in [0, 0.1) is 5.41 Å². The molecule has 0 radical (unpaired) electrons. The SMILES string of the molecule is COc1cccc(CNCC(C)(C)CCN)c1. The second kappa shape index (κ2) is 6.62. The molecule has 3 heteroatoms. The van der Waals surface area contributed by atoms with Gasteiger partial charge in [0.25, 0.3) is 0 Å². The van der Waals surface area contributed by atoms with Crippen molar-refractivity contribution in [2.75, 3.05) is 20.2 Å². The van der Waals surface area contributed by atoms with Gasteiger partial charge in [0.05, 0.1) is 7.11 Å². The van der Waals surface area contributed by atoms with E-state index in [4.69, 9.17) is 10.5 Å². The van der Waals surface area contributed by atoms with Crippen LogP contribution in [0.3, 0.4) is 0 Å².